The van der Waals surface area contributed by atoms with Crippen LogP contribution in [0.1, 0.15) is 31.0 Å². The Bertz CT molecular complexity index is 503. The van der Waals surface area contributed by atoms with Gasteiger partial charge >= 0.3 is 0 Å². The molecule has 0 bridgehead atoms. The van der Waals surface area contributed by atoms with Gasteiger partial charge in [0.05, 0.1) is 18.0 Å². The van der Waals surface area contributed by atoms with Crippen molar-refractivity contribution in [2.45, 2.75) is 32.8 Å². The molecule has 2 aromatic rings. The van der Waals surface area contributed by atoms with Gasteiger partial charge in [-0.3, -0.25) is 4.68 Å². The monoisotopic (exact) mass is 244 g/mol. The van der Waals surface area contributed by atoms with E-state index < -0.39 is 0 Å². The molecule has 0 aliphatic carbocycles. The summed E-state index contributed by atoms with van der Waals surface area (Å²) >= 11 is 0. The molecule has 1 heterocycles. The average molecular weight is 244 g/mol. The van der Waals surface area contributed by atoms with E-state index >= 15 is 0 Å². The Morgan fingerprint density at radius 2 is 1.94 bits per heavy atom. The van der Waals surface area contributed by atoms with Crippen LogP contribution in [-0.4, -0.2) is 14.9 Å². The predicted octanol–water partition coefficient (Wildman–Crippen LogP) is 2.92. The fourth-order valence-electron chi connectivity index (χ4n) is 2.24. The quantitative estimate of drug-likeness (QED) is 0.878. The van der Waals surface area contributed by atoms with E-state index in [4.69, 9.17) is 0 Å². The molecule has 18 heavy (non-hydrogen) atoms. The summed E-state index contributed by atoms with van der Waals surface area (Å²) in [4.78, 5) is 0. The Labute approximate surface area is 108 Å². The smallest absolute Gasteiger partial charge is 0.0958 e. The van der Waals surface area contributed by atoms with Gasteiger partial charge in [0.2, 0.25) is 0 Å². The summed E-state index contributed by atoms with van der Waals surface area (Å²) < 4.78 is 1.80. The van der Waals surface area contributed by atoms with Crippen LogP contribution in [0.2, 0.25) is 0 Å². The minimum Gasteiger partial charge on any atom is -0.390 e. The van der Waals surface area contributed by atoms with E-state index in [-0.39, 0.29) is 6.61 Å². The van der Waals surface area contributed by atoms with Gasteiger partial charge in [0.25, 0.3) is 0 Å². The second kappa shape index (κ2) is 5.83. The summed E-state index contributed by atoms with van der Waals surface area (Å²) in [5.41, 5.74) is 4.25. The third kappa shape index (κ3) is 2.46. The van der Waals surface area contributed by atoms with Gasteiger partial charge in [-0.2, -0.15) is 5.10 Å². The van der Waals surface area contributed by atoms with Crippen LogP contribution in [0.4, 0.5) is 0 Å². The Morgan fingerprint density at radius 1 is 1.22 bits per heavy atom. The molecule has 1 aromatic carbocycles. The number of hydrogen-bond donors (Lipinski definition) is 1. The van der Waals surface area contributed by atoms with Crippen LogP contribution in [0.15, 0.2) is 30.3 Å². The lowest BCUT2D eigenvalue weighted by atomic mass is 10.0. The highest BCUT2D eigenvalue weighted by Gasteiger charge is 2.15. The molecule has 2 rings (SSSR count). The number of aliphatic hydroxyl groups is 1. The molecule has 0 aliphatic rings. The molecule has 0 saturated heterocycles. The number of unbranched alkanes of at least 4 members (excludes halogenated alkanes) is 1. The zero-order chi connectivity index (χ0) is 13.0. The van der Waals surface area contributed by atoms with Crippen molar-refractivity contribution in [1.29, 1.82) is 0 Å². The van der Waals surface area contributed by atoms with Gasteiger partial charge in [0.15, 0.2) is 0 Å². The van der Waals surface area contributed by atoms with E-state index in [1.807, 2.05) is 25.2 Å². The molecule has 0 unspecified atom stereocenters. The van der Waals surface area contributed by atoms with E-state index in [9.17, 15) is 5.11 Å². The van der Waals surface area contributed by atoms with Crippen molar-refractivity contribution in [1.82, 2.24) is 9.78 Å². The highest BCUT2D eigenvalue weighted by atomic mass is 16.3. The Hall–Kier alpha value is -1.61. The molecule has 0 spiro atoms. The maximum atomic E-state index is 9.50. The first-order valence-corrected chi connectivity index (χ1v) is 6.49. The molecule has 3 nitrogen and oxygen atoms in total. The first-order chi connectivity index (χ1) is 8.77. The van der Waals surface area contributed by atoms with E-state index in [2.05, 4.69) is 24.2 Å². The molecule has 0 atom stereocenters. The maximum Gasteiger partial charge on any atom is 0.0958 e. The topological polar surface area (TPSA) is 38.0 Å². The number of nitrogens with zero attached hydrogens (tertiary/aromatic N) is 2. The minimum atomic E-state index is 0.0510. The summed E-state index contributed by atoms with van der Waals surface area (Å²) in [5, 5.41) is 14.1. The van der Waals surface area contributed by atoms with Crippen molar-refractivity contribution >= 4 is 0 Å². The Morgan fingerprint density at radius 3 is 2.56 bits per heavy atom. The Balaban J connectivity index is 2.46. The van der Waals surface area contributed by atoms with Crippen molar-refractivity contribution in [3.8, 4) is 11.3 Å². The van der Waals surface area contributed by atoms with Crippen LogP contribution in [0, 0.1) is 0 Å². The number of aryl methyl sites for hydroxylation is 1. The summed E-state index contributed by atoms with van der Waals surface area (Å²) in [6, 6.07) is 10.2. The largest absolute Gasteiger partial charge is 0.390 e. The van der Waals surface area contributed by atoms with Crippen LogP contribution in [0.3, 0.4) is 0 Å². The number of hydrogen-bond acceptors (Lipinski definition) is 2. The first-order valence-electron chi connectivity index (χ1n) is 6.49. The standard InChI is InChI=1S/C15H20N2O/c1-3-4-10-13-14(11-18)17(2)16-15(13)12-8-6-5-7-9-12/h5-9,18H,3-4,10-11H2,1-2H3. The molecule has 0 amide bonds. The van der Waals surface area contributed by atoms with E-state index in [1.165, 1.54) is 5.56 Å². The van der Waals surface area contributed by atoms with Gasteiger partial charge in [0, 0.05) is 18.2 Å². The zero-order valence-electron chi connectivity index (χ0n) is 11.1. The molecule has 1 aromatic heterocycles. The van der Waals surface area contributed by atoms with E-state index in [0.717, 1.165) is 36.2 Å². The SMILES string of the molecule is CCCCc1c(-c2ccccc2)nn(C)c1CO. The van der Waals surface area contributed by atoms with Gasteiger partial charge in [-0.25, -0.2) is 0 Å². The first kappa shape index (κ1) is 12.8. The lowest BCUT2D eigenvalue weighted by Crippen LogP contribution is -2.00. The molecule has 0 radical (unpaired) electrons. The normalized spacial score (nSPS) is 10.8. The summed E-state index contributed by atoms with van der Waals surface area (Å²) in [7, 11) is 1.90. The fraction of sp³-hybridized carbons (Fsp3) is 0.400. The fourth-order valence-corrected chi connectivity index (χ4v) is 2.24. The van der Waals surface area contributed by atoms with Gasteiger partial charge in [-0.1, -0.05) is 43.7 Å². The Kier molecular flexibility index (Phi) is 4.15. The second-order valence-corrected chi connectivity index (χ2v) is 4.53. The van der Waals surface area contributed by atoms with Crippen LogP contribution >= 0.6 is 0 Å². The van der Waals surface area contributed by atoms with Crippen LogP contribution in [0.5, 0.6) is 0 Å². The highest BCUT2D eigenvalue weighted by Crippen LogP contribution is 2.26. The lowest BCUT2D eigenvalue weighted by molar-refractivity contribution is 0.269. The molecule has 0 aliphatic heterocycles. The molecular weight excluding hydrogens is 224 g/mol. The summed E-state index contributed by atoms with van der Waals surface area (Å²) in [6.45, 7) is 2.23. The molecule has 1 N–H and O–H groups in total. The van der Waals surface area contributed by atoms with Gasteiger partial charge < -0.3 is 5.11 Å². The second-order valence-electron chi connectivity index (χ2n) is 4.53. The van der Waals surface area contributed by atoms with Crippen molar-refractivity contribution in [3.05, 3.63) is 41.6 Å². The predicted molar refractivity (Wildman–Crippen MR) is 73.2 cm³/mol. The van der Waals surface area contributed by atoms with Crippen molar-refractivity contribution in [2.24, 2.45) is 7.05 Å². The molecular formula is C15H20N2O. The van der Waals surface area contributed by atoms with Crippen LogP contribution in [-0.2, 0) is 20.1 Å². The van der Waals surface area contributed by atoms with E-state index in [1.54, 1.807) is 4.68 Å². The van der Waals surface area contributed by atoms with Gasteiger partial charge in [-0.15, -0.1) is 0 Å². The number of rotatable bonds is 5. The van der Waals surface area contributed by atoms with Crippen LogP contribution < -0.4 is 0 Å². The minimum absolute atomic E-state index is 0.0510. The van der Waals surface area contributed by atoms with Gasteiger partial charge in [-0.05, 0) is 12.8 Å². The number of benzene rings is 1. The number of aromatic nitrogens is 2. The van der Waals surface area contributed by atoms with Crippen molar-refractivity contribution in [3.63, 3.8) is 0 Å². The summed E-state index contributed by atoms with van der Waals surface area (Å²) in [5.74, 6) is 0. The number of aliphatic hydroxyl groups excluding tert-OH is 1. The molecule has 3 heteroatoms. The third-order valence-corrected chi connectivity index (χ3v) is 3.25. The summed E-state index contributed by atoms with van der Waals surface area (Å²) in [6.07, 6.45) is 3.25. The highest BCUT2D eigenvalue weighted by molar-refractivity contribution is 5.64. The van der Waals surface area contributed by atoms with E-state index in [0.29, 0.717) is 0 Å². The lowest BCUT2D eigenvalue weighted by Gasteiger charge is -2.04. The van der Waals surface area contributed by atoms with Crippen molar-refractivity contribution < 1.29 is 5.11 Å². The molecule has 96 valence electrons. The maximum absolute atomic E-state index is 9.50. The average Bonchev–Trinajstić information content (AvgIpc) is 2.73. The molecule has 0 fully saturated rings. The van der Waals surface area contributed by atoms with Crippen LogP contribution in [0.25, 0.3) is 11.3 Å². The van der Waals surface area contributed by atoms with Gasteiger partial charge in [0.1, 0.15) is 0 Å². The zero-order valence-corrected chi connectivity index (χ0v) is 11.1. The third-order valence-electron chi connectivity index (χ3n) is 3.25. The molecule has 0 saturated carbocycles. The van der Waals surface area contributed by atoms with Crippen molar-refractivity contribution in [2.75, 3.05) is 0 Å².